The fourth-order valence-corrected chi connectivity index (χ4v) is 5.35. The Labute approximate surface area is 196 Å². The number of hydrogen-bond donors (Lipinski definition) is 1. The van der Waals surface area contributed by atoms with E-state index in [1.807, 2.05) is 64.2 Å². The number of nitrogens with two attached hydrogens (primary N) is 1. The maximum Gasteiger partial charge on any atom is 0.246 e. The summed E-state index contributed by atoms with van der Waals surface area (Å²) in [5.41, 5.74) is 8.69. The summed E-state index contributed by atoms with van der Waals surface area (Å²) >= 11 is 0. The zero-order valence-corrected chi connectivity index (χ0v) is 18.5. The van der Waals surface area contributed by atoms with Gasteiger partial charge in [-0.2, -0.15) is 5.10 Å². The third-order valence-electron chi connectivity index (χ3n) is 6.90. The molecule has 2 aromatic heterocycles. The summed E-state index contributed by atoms with van der Waals surface area (Å²) in [6, 6.07) is 17.8. The highest BCUT2D eigenvalue weighted by atomic mass is 16.5. The molecule has 6 rings (SSSR count). The normalized spacial score (nSPS) is 21.2. The second kappa shape index (κ2) is 7.98. The molecule has 8 nitrogen and oxygen atoms in total. The molecule has 2 aliphatic rings. The lowest BCUT2D eigenvalue weighted by Gasteiger charge is -2.31. The van der Waals surface area contributed by atoms with Gasteiger partial charge in [0.05, 0.1) is 11.4 Å². The summed E-state index contributed by atoms with van der Waals surface area (Å²) in [4.78, 5) is 22.9. The lowest BCUT2D eigenvalue weighted by atomic mass is 10.0. The van der Waals surface area contributed by atoms with E-state index in [2.05, 4.69) is 16.5 Å². The van der Waals surface area contributed by atoms with Crippen molar-refractivity contribution in [2.75, 3.05) is 12.3 Å². The first kappa shape index (κ1) is 20.4. The number of fused-ring (bicyclic) bond motifs is 3. The number of hydrogen-bond acceptors (Lipinski definition) is 6. The van der Waals surface area contributed by atoms with Crippen molar-refractivity contribution in [2.45, 2.75) is 24.9 Å². The first-order chi connectivity index (χ1) is 16.6. The van der Waals surface area contributed by atoms with Crippen molar-refractivity contribution in [2.24, 2.45) is 5.92 Å². The fourth-order valence-electron chi connectivity index (χ4n) is 5.35. The number of amides is 1. The summed E-state index contributed by atoms with van der Waals surface area (Å²) in [6.07, 6.45) is 4.69. The number of nitrogens with zero attached hydrogens (tertiary/aromatic N) is 5. The minimum Gasteiger partial charge on any atom is -0.457 e. The van der Waals surface area contributed by atoms with Gasteiger partial charge in [-0.25, -0.2) is 14.6 Å². The molecule has 1 saturated heterocycles. The fraction of sp³-hybridized carbons (Fsp3) is 0.231. The second-order valence-electron chi connectivity index (χ2n) is 8.84. The van der Waals surface area contributed by atoms with E-state index in [4.69, 9.17) is 15.6 Å². The van der Waals surface area contributed by atoms with Crippen LogP contribution in [-0.2, 0) is 4.79 Å². The van der Waals surface area contributed by atoms with Crippen LogP contribution >= 0.6 is 0 Å². The minimum atomic E-state index is 0.00124. The highest BCUT2D eigenvalue weighted by molar-refractivity contribution is 5.98. The largest absolute Gasteiger partial charge is 0.457 e. The zero-order chi connectivity index (χ0) is 23.2. The van der Waals surface area contributed by atoms with Crippen LogP contribution in [0.2, 0.25) is 0 Å². The Kier molecular flexibility index (Phi) is 4.79. The van der Waals surface area contributed by atoms with Crippen LogP contribution in [0.15, 0.2) is 73.6 Å². The number of anilines is 1. The molecule has 4 aromatic rings. The number of nitrogen functional groups attached to an aromatic ring is 1. The van der Waals surface area contributed by atoms with Gasteiger partial charge in [-0.3, -0.25) is 4.79 Å². The molecule has 1 amide bonds. The van der Waals surface area contributed by atoms with Gasteiger partial charge in [-0.15, -0.1) is 0 Å². The lowest BCUT2D eigenvalue weighted by Crippen LogP contribution is -2.39. The maximum absolute atomic E-state index is 12.2. The number of likely N-dealkylation sites (tertiary alicyclic amines) is 1. The van der Waals surface area contributed by atoms with Crippen LogP contribution in [-0.4, -0.2) is 43.1 Å². The molecule has 3 unspecified atom stereocenters. The molecule has 0 radical (unpaired) electrons. The summed E-state index contributed by atoms with van der Waals surface area (Å²) in [5.74, 6) is 2.25. The van der Waals surface area contributed by atoms with E-state index in [-0.39, 0.29) is 18.0 Å². The third kappa shape index (κ3) is 3.30. The molecule has 3 atom stereocenters. The van der Waals surface area contributed by atoms with Gasteiger partial charge in [0.1, 0.15) is 29.3 Å². The topological polar surface area (TPSA) is 99.2 Å². The van der Waals surface area contributed by atoms with Gasteiger partial charge in [0.25, 0.3) is 0 Å². The molecule has 0 spiro atoms. The standard InChI is InChI=1S/C26H24N6O2/c1-2-22(33)31-14-17-12-18(31)13-21(17)32-26-23(25(27)28-15-29-26)24(30-32)16-8-10-20(11-9-16)34-19-6-4-3-5-7-19/h2-11,15,17-18,21H,1,12-14H2,(H2,27,28,29). The Bertz CT molecular complexity index is 1380. The van der Waals surface area contributed by atoms with E-state index in [1.54, 1.807) is 0 Å². The number of ether oxygens (including phenoxy) is 1. The van der Waals surface area contributed by atoms with Gasteiger partial charge >= 0.3 is 0 Å². The summed E-state index contributed by atoms with van der Waals surface area (Å²) in [6.45, 7) is 4.35. The van der Waals surface area contributed by atoms with Crippen LogP contribution in [0.4, 0.5) is 5.82 Å². The van der Waals surface area contributed by atoms with Gasteiger partial charge in [0, 0.05) is 24.1 Å². The first-order valence-electron chi connectivity index (χ1n) is 11.4. The Hall–Kier alpha value is -4.20. The lowest BCUT2D eigenvalue weighted by molar-refractivity contribution is -0.127. The molecule has 2 N–H and O–H groups in total. The molecule has 1 aliphatic carbocycles. The van der Waals surface area contributed by atoms with Gasteiger partial charge in [-0.1, -0.05) is 24.8 Å². The Morgan fingerprint density at radius 2 is 1.82 bits per heavy atom. The van der Waals surface area contributed by atoms with Crippen molar-refractivity contribution in [3.8, 4) is 22.8 Å². The van der Waals surface area contributed by atoms with Gasteiger partial charge < -0.3 is 15.4 Å². The average Bonchev–Trinajstić information content (AvgIpc) is 3.58. The number of rotatable bonds is 5. The van der Waals surface area contributed by atoms with E-state index in [9.17, 15) is 4.79 Å². The number of carbonyl (C=O) groups excluding carboxylic acids is 1. The summed E-state index contributed by atoms with van der Waals surface area (Å²) in [7, 11) is 0. The molecule has 170 valence electrons. The number of carbonyl (C=O) groups is 1. The molecule has 8 heteroatoms. The molecule has 3 heterocycles. The smallest absolute Gasteiger partial charge is 0.246 e. The molecule has 1 saturated carbocycles. The highest BCUT2D eigenvalue weighted by Gasteiger charge is 2.47. The maximum atomic E-state index is 12.2. The molecule has 2 bridgehead atoms. The number of aromatic nitrogens is 4. The Morgan fingerprint density at radius 1 is 1.06 bits per heavy atom. The molecular formula is C26H24N6O2. The average molecular weight is 453 g/mol. The van der Waals surface area contributed by atoms with Crippen LogP contribution in [0.3, 0.4) is 0 Å². The Morgan fingerprint density at radius 3 is 2.53 bits per heavy atom. The molecule has 34 heavy (non-hydrogen) atoms. The quantitative estimate of drug-likeness (QED) is 0.455. The molecule has 2 fully saturated rings. The van der Waals surface area contributed by atoms with Crippen molar-refractivity contribution < 1.29 is 9.53 Å². The van der Waals surface area contributed by atoms with Crippen LogP contribution in [0.1, 0.15) is 18.9 Å². The Balaban J connectivity index is 1.34. The SMILES string of the molecule is C=CC(=O)N1CC2CC1CC2n1nc(-c2ccc(Oc3ccccc3)cc2)c2c(N)ncnc21. The third-order valence-corrected chi connectivity index (χ3v) is 6.90. The predicted octanol–water partition coefficient (Wildman–Crippen LogP) is 4.22. The molecule has 2 aromatic carbocycles. The van der Waals surface area contributed by atoms with E-state index in [0.29, 0.717) is 18.3 Å². The van der Waals surface area contributed by atoms with E-state index < -0.39 is 0 Å². The van der Waals surface area contributed by atoms with E-state index in [1.165, 1.54) is 12.4 Å². The van der Waals surface area contributed by atoms with Crippen molar-refractivity contribution in [1.82, 2.24) is 24.6 Å². The first-order valence-corrected chi connectivity index (χ1v) is 11.4. The van der Waals surface area contributed by atoms with Gasteiger partial charge in [0.15, 0.2) is 5.65 Å². The molecular weight excluding hydrogens is 428 g/mol. The summed E-state index contributed by atoms with van der Waals surface area (Å²) < 4.78 is 7.92. The highest BCUT2D eigenvalue weighted by Crippen LogP contribution is 2.46. The van der Waals surface area contributed by atoms with Gasteiger partial charge in [0.2, 0.25) is 5.91 Å². The number of para-hydroxylation sites is 1. The van der Waals surface area contributed by atoms with E-state index in [0.717, 1.165) is 46.6 Å². The van der Waals surface area contributed by atoms with E-state index >= 15 is 0 Å². The van der Waals surface area contributed by atoms with Crippen molar-refractivity contribution in [1.29, 1.82) is 0 Å². The zero-order valence-electron chi connectivity index (χ0n) is 18.5. The summed E-state index contributed by atoms with van der Waals surface area (Å²) in [5, 5.41) is 5.75. The van der Waals surface area contributed by atoms with Crippen LogP contribution in [0, 0.1) is 5.92 Å². The van der Waals surface area contributed by atoms with Crippen molar-refractivity contribution in [3.05, 3.63) is 73.6 Å². The minimum absolute atomic E-state index is 0.00124. The van der Waals surface area contributed by atoms with Crippen molar-refractivity contribution in [3.63, 3.8) is 0 Å². The van der Waals surface area contributed by atoms with Gasteiger partial charge in [-0.05, 0) is 55.3 Å². The molecule has 1 aliphatic heterocycles. The number of benzene rings is 2. The van der Waals surface area contributed by atoms with Crippen LogP contribution in [0.5, 0.6) is 11.5 Å². The van der Waals surface area contributed by atoms with Crippen molar-refractivity contribution >= 4 is 22.8 Å². The second-order valence-corrected chi connectivity index (χ2v) is 8.84. The number of piperidine rings is 1. The van der Waals surface area contributed by atoms with Crippen LogP contribution in [0.25, 0.3) is 22.3 Å². The van der Waals surface area contributed by atoms with Crippen LogP contribution < -0.4 is 10.5 Å². The predicted molar refractivity (Wildman–Crippen MR) is 129 cm³/mol. The monoisotopic (exact) mass is 452 g/mol.